The molecule has 0 saturated heterocycles. The maximum atomic E-state index is 12.6. The van der Waals surface area contributed by atoms with Crippen LogP contribution in [0.1, 0.15) is 46.6 Å². The minimum absolute atomic E-state index is 0.0684. The normalized spacial score (nSPS) is 13.8. The first-order valence-electron chi connectivity index (χ1n) is 10.0. The standard InChI is InChI=1S/C22H28N2O3S2/c1-4-24-12-10-17-18(14-24)29-21(20(17)22(26)27-5-2)23-19(25)11-13-28-16-8-6-15(3)7-9-16/h6-9H,4-5,10-14H2,1-3H3,(H,23,25). The maximum absolute atomic E-state index is 12.6. The summed E-state index contributed by atoms with van der Waals surface area (Å²) >= 11 is 3.18. The van der Waals surface area contributed by atoms with Crippen LogP contribution in [-0.4, -0.2) is 42.2 Å². The van der Waals surface area contributed by atoms with E-state index in [-0.39, 0.29) is 11.9 Å². The Labute approximate surface area is 180 Å². The predicted octanol–water partition coefficient (Wildman–Crippen LogP) is 4.73. The van der Waals surface area contributed by atoms with Gasteiger partial charge in [0.2, 0.25) is 5.91 Å². The number of hydrogen-bond donors (Lipinski definition) is 1. The SMILES string of the molecule is CCOC(=O)c1c(NC(=O)CCSc2ccc(C)cc2)sc2c1CCN(CC)C2. The number of esters is 1. The van der Waals surface area contributed by atoms with Gasteiger partial charge in [0.1, 0.15) is 5.00 Å². The van der Waals surface area contributed by atoms with Crippen molar-refractivity contribution < 1.29 is 14.3 Å². The number of rotatable bonds is 8. The molecule has 1 amide bonds. The Kier molecular flexibility index (Phi) is 7.75. The molecule has 0 bridgehead atoms. The van der Waals surface area contributed by atoms with Crippen LogP contribution in [-0.2, 0) is 22.5 Å². The fourth-order valence-corrected chi connectivity index (χ4v) is 5.46. The molecule has 1 aromatic heterocycles. The summed E-state index contributed by atoms with van der Waals surface area (Å²) in [5.41, 5.74) is 2.83. The lowest BCUT2D eigenvalue weighted by Gasteiger charge is -2.25. The number of carbonyl (C=O) groups is 2. The van der Waals surface area contributed by atoms with E-state index < -0.39 is 0 Å². The molecule has 29 heavy (non-hydrogen) atoms. The van der Waals surface area contributed by atoms with Crippen LogP contribution in [0.4, 0.5) is 5.00 Å². The van der Waals surface area contributed by atoms with E-state index in [0.29, 0.717) is 29.3 Å². The van der Waals surface area contributed by atoms with E-state index in [9.17, 15) is 9.59 Å². The number of aryl methyl sites for hydroxylation is 1. The van der Waals surface area contributed by atoms with Gasteiger partial charge in [-0.2, -0.15) is 0 Å². The van der Waals surface area contributed by atoms with Crippen molar-refractivity contribution in [1.29, 1.82) is 0 Å². The van der Waals surface area contributed by atoms with Crippen molar-refractivity contribution >= 4 is 40.0 Å². The second-order valence-electron chi connectivity index (χ2n) is 7.01. The number of anilines is 1. The first-order chi connectivity index (χ1) is 14.0. The lowest BCUT2D eigenvalue weighted by molar-refractivity contribution is -0.115. The topological polar surface area (TPSA) is 58.6 Å². The summed E-state index contributed by atoms with van der Waals surface area (Å²) in [6, 6.07) is 8.29. The number of carbonyl (C=O) groups excluding carboxylic acids is 2. The Bertz CT molecular complexity index is 862. The minimum atomic E-state index is -0.334. The quantitative estimate of drug-likeness (QED) is 0.483. The Morgan fingerprint density at radius 1 is 1.24 bits per heavy atom. The van der Waals surface area contributed by atoms with Gasteiger partial charge in [0.05, 0.1) is 12.2 Å². The van der Waals surface area contributed by atoms with Crippen LogP contribution in [0, 0.1) is 6.92 Å². The summed E-state index contributed by atoms with van der Waals surface area (Å²) in [6.07, 6.45) is 1.21. The second kappa shape index (κ2) is 10.3. The van der Waals surface area contributed by atoms with E-state index in [1.54, 1.807) is 18.7 Å². The van der Waals surface area contributed by atoms with Gasteiger partial charge in [-0.1, -0.05) is 24.6 Å². The number of fused-ring (bicyclic) bond motifs is 1. The molecular weight excluding hydrogens is 404 g/mol. The van der Waals surface area contributed by atoms with Gasteiger partial charge >= 0.3 is 5.97 Å². The first-order valence-corrected chi connectivity index (χ1v) is 11.8. The zero-order chi connectivity index (χ0) is 20.8. The smallest absolute Gasteiger partial charge is 0.341 e. The van der Waals surface area contributed by atoms with E-state index in [4.69, 9.17) is 4.74 Å². The zero-order valence-corrected chi connectivity index (χ0v) is 18.9. The van der Waals surface area contributed by atoms with Gasteiger partial charge < -0.3 is 10.1 Å². The Morgan fingerprint density at radius 2 is 2.00 bits per heavy atom. The van der Waals surface area contributed by atoms with Crippen LogP contribution in [0.25, 0.3) is 0 Å². The zero-order valence-electron chi connectivity index (χ0n) is 17.2. The molecule has 1 aliphatic heterocycles. The minimum Gasteiger partial charge on any atom is -0.462 e. The summed E-state index contributed by atoms with van der Waals surface area (Å²) in [6.45, 7) is 9.04. The van der Waals surface area contributed by atoms with E-state index in [2.05, 4.69) is 48.3 Å². The van der Waals surface area contributed by atoms with Gasteiger partial charge in [0, 0.05) is 35.0 Å². The summed E-state index contributed by atoms with van der Waals surface area (Å²) in [5.74, 6) is 0.290. The number of thioether (sulfide) groups is 1. The van der Waals surface area contributed by atoms with Crippen molar-refractivity contribution in [2.75, 3.05) is 30.8 Å². The third-order valence-electron chi connectivity index (χ3n) is 4.93. The molecule has 2 aromatic rings. The molecule has 0 aliphatic carbocycles. The van der Waals surface area contributed by atoms with Crippen LogP contribution < -0.4 is 5.32 Å². The molecule has 0 spiro atoms. The predicted molar refractivity (Wildman–Crippen MR) is 120 cm³/mol. The Hall–Kier alpha value is -1.83. The van der Waals surface area contributed by atoms with Crippen molar-refractivity contribution in [1.82, 2.24) is 4.90 Å². The summed E-state index contributed by atoms with van der Waals surface area (Å²) in [7, 11) is 0. The van der Waals surface area contributed by atoms with Gasteiger partial charge in [-0.05, 0) is 44.5 Å². The molecule has 0 atom stereocenters. The molecular formula is C22H28N2O3S2. The average Bonchev–Trinajstić information content (AvgIpc) is 3.06. The van der Waals surface area contributed by atoms with E-state index >= 15 is 0 Å². The third kappa shape index (κ3) is 5.62. The number of hydrogen-bond acceptors (Lipinski definition) is 6. The molecule has 5 nitrogen and oxygen atoms in total. The average molecular weight is 433 g/mol. The number of nitrogens with zero attached hydrogens (tertiary/aromatic N) is 1. The van der Waals surface area contributed by atoms with Crippen LogP contribution in [0.5, 0.6) is 0 Å². The number of ether oxygens (including phenoxy) is 1. The van der Waals surface area contributed by atoms with Gasteiger partial charge in [-0.15, -0.1) is 23.1 Å². The van der Waals surface area contributed by atoms with Crippen LogP contribution in [0.2, 0.25) is 0 Å². The number of nitrogens with one attached hydrogen (secondary N) is 1. The summed E-state index contributed by atoms with van der Waals surface area (Å²) in [4.78, 5) is 29.8. The lowest BCUT2D eigenvalue weighted by Crippen LogP contribution is -2.30. The van der Waals surface area contributed by atoms with E-state index in [1.165, 1.54) is 16.9 Å². The number of thiophene rings is 1. The Balaban J connectivity index is 1.67. The monoisotopic (exact) mass is 432 g/mol. The van der Waals surface area contributed by atoms with E-state index in [0.717, 1.165) is 41.4 Å². The summed E-state index contributed by atoms with van der Waals surface area (Å²) in [5, 5.41) is 3.62. The molecule has 2 heterocycles. The summed E-state index contributed by atoms with van der Waals surface area (Å²) < 4.78 is 5.28. The third-order valence-corrected chi connectivity index (χ3v) is 7.08. The highest BCUT2D eigenvalue weighted by Gasteiger charge is 2.29. The highest BCUT2D eigenvalue weighted by atomic mass is 32.2. The van der Waals surface area contributed by atoms with Gasteiger partial charge in [-0.25, -0.2) is 4.79 Å². The molecule has 1 aromatic carbocycles. The second-order valence-corrected chi connectivity index (χ2v) is 9.28. The van der Waals surface area contributed by atoms with Gasteiger partial charge in [0.25, 0.3) is 0 Å². The molecule has 1 aliphatic rings. The van der Waals surface area contributed by atoms with Crippen molar-refractivity contribution in [2.45, 2.75) is 45.1 Å². The maximum Gasteiger partial charge on any atom is 0.341 e. The molecule has 3 rings (SSSR count). The molecule has 0 radical (unpaired) electrons. The molecule has 156 valence electrons. The van der Waals surface area contributed by atoms with Crippen molar-refractivity contribution in [3.8, 4) is 0 Å². The number of amides is 1. The van der Waals surface area contributed by atoms with E-state index in [1.807, 2.05) is 0 Å². The van der Waals surface area contributed by atoms with Gasteiger partial charge in [0.15, 0.2) is 0 Å². The molecule has 1 N–H and O–H groups in total. The largest absolute Gasteiger partial charge is 0.462 e. The lowest BCUT2D eigenvalue weighted by atomic mass is 10.0. The van der Waals surface area contributed by atoms with Gasteiger partial charge in [-0.3, -0.25) is 9.69 Å². The molecule has 0 unspecified atom stereocenters. The van der Waals surface area contributed by atoms with Crippen LogP contribution in [0.15, 0.2) is 29.2 Å². The Morgan fingerprint density at radius 3 is 2.69 bits per heavy atom. The molecule has 7 heteroatoms. The van der Waals surface area contributed by atoms with Crippen molar-refractivity contribution in [3.63, 3.8) is 0 Å². The van der Waals surface area contributed by atoms with Crippen molar-refractivity contribution in [2.24, 2.45) is 0 Å². The number of likely N-dealkylation sites (N-methyl/N-ethyl adjacent to an activating group) is 1. The fraction of sp³-hybridized carbons (Fsp3) is 0.455. The molecule has 0 fully saturated rings. The highest BCUT2D eigenvalue weighted by Crippen LogP contribution is 2.37. The first kappa shape index (κ1) is 21.9. The molecule has 0 saturated carbocycles. The fourth-order valence-electron chi connectivity index (χ4n) is 3.32. The number of benzene rings is 1. The van der Waals surface area contributed by atoms with Crippen LogP contribution >= 0.6 is 23.1 Å². The van der Waals surface area contributed by atoms with Crippen LogP contribution in [0.3, 0.4) is 0 Å². The highest BCUT2D eigenvalue weighted by molar-refractivity contribution is 7.99. The van der Waals surface area contributed by atoms with Crippen molar-refractivity contribution in [3.05, 3.63) is 45.8 Å².